The number of fused-ring (bicyclic) bond motifs is 1. The van der Waals surface area contributed by atoms with Crippen molar-refractivity contribution in [2.45, 2.75) is 33.7 Å². The second kappa shape index (κ2) is 11.3. The third-order valence-electron chi connectivity index (χ3n) is 5.96. The molecule has 4 rings (SSSR count). The molecule has 8 heteroatoms. The van der Waals surface area contributed by atoms with E-state index in [0.29, 0.717) is 50.6 Å². The molecule has 4 aromatic rings. The van der Waals surface area contributed by atoms with E-state index in [-0.39, 0.29) is 11.5 Å². The summed E-state index contributed by atoms with van der Waals surface area (Å²) in [5.41, 5.74) is 4.93. The van der Waals surface area contributed by atoms with E-state index in [0.717, 1.165) is 22.1 Å². The summed E-state index contributed by atoms with van der Waals surface area (Å²) in [4.78, 5) is 25.5. The summed E-state index contributed by atoms with van der Waals surface area (Å²) >= 11 is 19.1. The summed E-state index contributed by atoms with van der Waals surface area (Å²) in [5.74, 6) is 0.238. The van der Waals surface area contributed by atoms with Gasteiger partial charge in [-0.05, 0) is 54.3 Å². The highest BCUT2D eigenvalue weighted by Crippen LogP contribution is 2.40. The topological polar surface area (TPSA) is 50.5 Å². The molecule has 0 aliphatic carbocycles. The molecule has 0 saturated carbocycles. The molecule has 0 aliphatic rings. The van der Waals surface area contributed by atoms with Gasteiger partial charge in [-0.1, -0.05) is 67.7 Å². The van der Waals surface area contributed by atoms with Crippen LogP contribution in [0.3, 0.4) is 0 Å². The van der Waals surface area contributed by atoms with Crippen molar-refractivity contribution < 1.29 is 0 Å². The Hall–Kier alpha value is -2.86. The summed E-state index contributed by atoms with van der Waals surface area (Å²) in [5, 5.41) is 2.45. The SMILES string of the molecule is CCc1c(/N=C\N(C)C)c2cc(-c3ccc(Cl)cc3)c(-c3ccc(Cl)cc3Cl)nc2n(CC(C)C)c1=O. The Bertz CT molecular complexity index is 1540. The average molecular weight is 556 g/mol. The maximum absolute atomic E-state index is 13.7. The van der Waals surface area contributed by atoms with Gasteiger partial charge in [-0.25, -0.2) is 9.98 Å². The minimum atomic E-state index is -0.0745. The van der Waals surface area contributed by atoms with Crippen LogP contribution in [0, 0.1) is 5.92 Å². The molecule has 0 amide bonds. The number of pyridine rings is 2. The molecule has 192 valence electrons. The largest absolute Gasteiger partial charge is 0.369 e. The van der Waals surface area contributed by atoms with Crippen molar-refractivity contribution in [1.82, 2.24) is 14.5 Å². The zero-order valence-electron chi connectivity index (χ0n) is 21.5. The van der Waals surface area contributed by atoms with E-state index in [4.69, 9.17) is 44.8 Å². The molecule has 0 atom stereocenters. The molecular weight excluding hydrogens is 527 g/mol. The molecule has 0 aliphatic heterocycles. The van der Waals surface area contributed by atoms with Crippen LogP contribution in [-0.4, -0.2) is 34.9 Å². The Morgan fingerprint density at radius 3 is 2.27 bits per heavy atom. The van der Waals surface area contributed by atoms with Gasteiger partial charge >= 0.3 is 0 Å². The molecule has 0 bridgehead atoms. The summed E-state index contributed by atoms with van der Waals surface area (Å²) in [6.07, 6.45) is 2.26. The standard InChI is InChI=1S/C29H29Cl3N4O/c1-6-21-26(33-16-35(4)5)24-14-23(18-7-9-19(30)10-8-18)27(22-12-11-20(31)13-25(22)32)34-28(24)36(29(21)37)15-17(2)3/h7-14,16-17H,6,15H2,1-5H3/b33-16-. The van der Waals surface area contributed by atoms with Gasteiger partial charge in [0.1, 0.15) is 5.65 Å². The number of nitrogens with zero attached hydrogens (tertiary/aromatic N) is 4. The van der Waals surface area contributed by atoms with Crippen molar-refractivity contribution >= 4 is 57.9 Å². The summed E-state index contributed by atoms with van der Waals surface area (Å²) < 4.78 is 1.77. The van der Waals surface area contributed by atoms with Crippen LogP contribution >= 0.6 is 34.8 Å². The third-order valence-corrected chi connectivity index (χ3v) is 6.76. The number of hydrogen-bond acceptors (Lipinski definition) is 3. The predicted molar refractivity (Wildman–Crippen MR) is 158 cm³/mol. The van der Waals surface area contributed by atoms with Crippen LogP contribution in [0.15, 0.2) is 58.3 Å². The lowest BCUT2D eigenvalue weighted by Gasteiger charge is -2.20. The molecule has 0 spiro atoms. The van der Waals surface area contributed by atoms with Crippen LogP contribution in [0.25, 0.3) is 33.4 Å². The van der Waals surface area contributed by atoms with Crippen LogP contribution in [-0.2, 0) is 13.0 Å². The van der Waals surface area contributed by atoms with Gasteiger partial charge in [0.05, 0.1) is 22.7 Å². The van der Waals surface area contributed by atoms with E-state index in [1.165, 1.54) is 0 Å². The number of hydrogen-bond donors (Lipinski definition) is 0. The lowest BCUT2D eigenvalue weighted by molar-refractivity contribution is 0.519. The van der Waals surface area contributed by atoms with Crippen molar-refractivity contribution in [2.24, 2.45) is 10.9 Å². The minimum Gasteiger partial charge on any atom is -0.369 e. The van der Waals surface area contributed by atoms with E-state index in [9.17, 15) is 4.79 Å². The third kappa shape index (κ3) is 5.69. The molecule has 0 radical (unpaired) electrons. The molecule has 0 N–H and O–H groups in total. The first-order valence-corrected chi connectivity index (χ1v) is 13.3. The van der Waals surface area contributed by atoms with Crippen LogP contribution in [0.1, 0.15) is 26.3 Å². The van der Waals surface area contributed by atoms with Gasteiger partial charge in [0.15, 0.2) is 0 Å². The van der Waals surface area contributed by atoms with E-state index in [1.54, 1.807) is 23.0 Å². The maximum atomic E-state index is 13.7. The Kier molecular flexibility index (Phi) is 8.27. The molecule has 2 aromatic heterocycles. The monoisotopic (exact) mass is 554 g/mol. The van der Waals surface area contributed by atoms with Gasteiger partial charge in [0, 0.05) is 52.8 Å². The fraction of sp³-hybridized carbons (Fsp3) is 0.276. The molecule has 0 saturated heterocycles. The minimum absolute atomic E-state index is 0.0745. The number of rotatable bonds is 7. The van der Waals surface area contributed by atoms with Crippen LogP contribution in [0.5, 0.6) is 0 Å². The summed E-state index contributed by atoms with van der Waals surface area (Å²) in [6, 6.07) is 15.0. The van der Waals surface area contributed by atoms with Crippen molar-refractivity contribution in [3.63, 3.8) is 0 Å². The maximum Gasteiger partial charge on any atom is 0.257 e. The van der Waals surface area contributed by atoms with Crippen LogP contribution in [0.4, 0.5) is 5.69 Å². The molecule has 37 heavy (non-hydrogen) atoms. The lowest BCUT2D eigenvalue weighted by atomic mass is 9.96. The smallest absolute Gasteiger partial charge is 0.257 e. The molecule has 5 nitrogen and oxygen atoms in total. The van der Waals surface area contributed by atoms with Crippen LogP contribution < -0.4 is 5.56 Å². The van der Waals surface area contributed by atoms with E-state index in [1.807, 2.05) is 56.3 Å². The van der Waals surface area contributed by atoms with Gasteiger partial charge in [-0.3, -0.25) is 9.36 Å². The Morgan fingerprint density at radius 1 is 1.00 bits per heavy atom. The number of aliphatic imine (C=N–C) groups is 1. The second-order valence-corrected chi connectivity index (χ2v) is 10.9. The van der Waals surface area contributed by atoms with Crippen molar-refractivity contribution in [1.29, 1.82) is 0 Å². The van der Waals surface area contributed by atoms with Gasteiger partial charge in [-0.15, -0.1) is 0 Å². The summed E-state index contributed by atoms with van der Waals surface area (Å²) in [6.45, 7) is 6.68. The van der Waals surface area contributed by atoms with Gasteiger partial charge < -0.3 is 4.90 Å². The van der Waals surface area contributed by atoms with Gasteiger partial charge in [0.25, 0.3) is 5.56 Å². The molecule has 0 fully saturated rings. The average Bonchev–Trinajstić information content (AvgIpc) is 2.84. The van der Waals surface area contributed by atoms with Crippen LogP contribution in [0.2, 0.25) is 15.1 Å². The predicted octanol–water partition coefficient (Wildman–Crippen LogP) is 8.13. The fourth-order valence-electron chi connectivity index (χ4n) is 4.32. The normalized spacial score (nSPS) is 11.7. The Labute approximate surface area is 232 Å². The van der Waals surface area contributed by atoms with E-state index in [2.05, 4.69) is 19.9 Å². The molecule has 2 heterocycles. The van der Waals surface area contributed by atoms with E-state index < -0.39 is 0 Å². The zero-order chi connectivity index (χ0) is 26.9. The summed E-state index contributed by atoms with van der Waals surface area (Å²) in [7, 11) is 3.80. The first-order chi connectivity index (χ1) is 17.6. The number of benzene rings is 2. The fourth-order valence-corrected chi connectivity index (χ4v) is 4.94. The first kappa shape index (κ1) is 27.2. The van der Waals surface area contributed by atoms with Crippen molar-refractivity contribution in [2.75, 3.05) is 14.1 Å². The highest BCUT2D eigenvalue weighted by molar-refractivity contribution is 6.36. The highest BCUT2D eigenvalue weighted by Gasteiger charge is 2.22. The number of halogens is 3. The second-order valence-electron chi connectivity index (χ2n) is 9.59. The van der Waals surface area contributed by atoms with Gasteiger partial charge in [0.2, 0.25) is 0 Å². The number of aromatic nitrogens is 2. The molecular formula is C29H29Cl3N4O. The molecule has 2 aromatic carbocycles. The Balaban J connectivity index is 2.20. The van der Waals surface area contributed by atoms with Gasteiger partial charge in [-0.2, -0.15) is 0 Å². The molecule has 0 unspecified atom stereocenters. The zero-order valence-corrected chi connectivity index (χ0v) is 23.8. The van der Waals surface area contributed by atoms with Crippen molar-refractivity contribution in [3.8, 4) is 22.4 Å². The Morgan fingerprint density at radius 2 is 1.68 bits per heavy atom. The first-order valence-electron chi connectivity index (χ1n) is 12.1. The van der Waals surface area contributed by atoms with E-state index >= 15 is 0 Å². The van der Waals surface area contributed by atoms with Crippen molar-refractivity contribution in [3.05, 3.63) is 79.5 Å². The highest BCUT2D eigenvalue weighted by atomic mass is 35.5. The lowest BCUT2D eigenvalue weighted by Crippen LogP contribution is -2.27. The quantitative estimate of drug-likeness (QED) is 0.171.